The van der Waals surface area contributed by atoms with Gasteiger partial charge in [-0.2, -0.15) is 0 Å². The molecule has 1 aromatic heterocycles. The second kappa shape index (κ2) is 6.83. The lowest BCUT2D eigenvalue weighted by Crippen LogP contribution is -2.34. The van der Waals surface area contributed by atoms with E-state index >= 15 is 0 Å². The molecule has 1 heterocycles. The Hall–Kier alpha value is -1.82. The van der Waals surface area contributed by atoms with Crippen LogP contribution in [0.5, 0.6) is 0 Å². The molecule has 1 saturated carbocycles. The van der Waals surface area contributed by atoms with Crippen LogP contribution in [0.15, 0.2) is 29.4 Å². The first-order chi connectivity index (χ1) is 12.1. The van der Waals surface area contributed by atoms with Crippen molar-refractivity contribution >= 4 is 17.7 Å². The number of hydrogen-bond donors (Lipinski definition) is 0. The summed E-state index contributed by atoms with van der Waals surface area (Å²) < 4.78 is 2.19. The van der Waals surface area contributed by atoms with E-state index in [4.69, 9.17) is 0 Å². The van der Waals surface area contributed by atoms with Crippen LogP contribution in [-0.4, -0.2) is 38.4 Å². The highest BCUT2D eigenvalue weighted by atomic mass is 32.2. The normalized spacial score (nSPS) is 19.5. The molecule has 4 rings (SSSR count). The van der Waals surface area contributed by atoms with Crippen molar-refractivity contribution in [3.05, 3.63) is 41.2 Å². The van der Waals surface area contributed by atoms with Gasteiger partial charge >= 0.3 is 0 Å². The number of benzene rings is 1. The van der Waals surface area contributed by atoms with E-state index in [0.29, 0.717) is 11.8 Å². The van der Waals surface area contributed by atoms with Gasteiger partial charge in [0.1, 0.15) is 5.82 Å². The van der Waals surface area contributed by atoms with E-state index in [2.05, 4.69) is 39.0 Å². The quantitative estimate of drug-likeness (QED) is 0.769. The summed E-state index contributed by atoms with van der Waals surface area (Å²) in [7, 11) is 1.94. The van der Waals surface area contributed by atoms with E-state index < -0.39 is 0 Å². The summed E-state index contributed by atoms with van der Waals surface area (Å²) in [5.74, 6) is 1.53. The first-order valence-corrected chi connectivity index (χ1v) is 10.0. The van der Waals surface area contributed by atoms with Gasteiger partial charge in [-0.05, 0) is 50.2 Å². The van der Waals surface area contributed by atoms with Gasteiger partial charge in [0.05, 0.1) is 11.8 Å². The average molecular weight is 356 g/mol. The van der Waals surface area contributed by atoms with Crippen LogP contribution in [-0.2, 0) is 11.2 Å². The summed E-state index contributed by atoms with van der Waals surface area (Å²) in [6.07, 6.45) is 5.69. The average Bonchev–Trinajstić information content (AvgIpc) is 3.41. The molecule has 0 spiro atoms. The molecule has 1 fully saturated rings. The second-order valence-corrected chi connectivity index (χ2v) is 7.97. The van der Waals surface area contributed by atoms with Crippen molar-refractivity contribution in [2.24, 2.45) is 0 Å². The van der Waals surface area contributed by atoms with E-state index in [1.165, 1.54) is 35.7 Å². The molecular weight excluding hydrogens is 332 g/mol. The minimum absolute atomic E-state index is 0.162. The van der Waals surface area contributed by atoms with Crippen LogP contribution in [0.4, 0.5) is 0 Å². The molecule has 1 amide bonds. The van der Waals surface area contributed by atoms with Gasteiger partial charge in [0.2, 0.25) is 5.91 Å². The van der Waals surface area contributed by atoms with Crippen molar-refractivity contribution in [1.82, 2.24) is 19.7 Å². The Labute approximate surface area is 152 Å². The number of carbonyl (C=O) groups excluding carboxylic acids is 1. The van der Waals surface area contributed by atoms with E-state index in [1.807, 2.05) is 18.9 Å². The third-order valence-corrected chi connectivity index (χ3v) is 6.20. The van der Waals surface area contributed by atoms with Crippen LogP contribution in [0, 0.1) is 6.92 Å². The van der Waals surface area contributed by atoms with Crippen LogP contribution < -0.4 is 0 Å². The Balaban J connectivity index is 1.43. The lowest BCUT2D eigenvalue weighted by Gasteiger charge is -2.33. The number of amides is 1. The Morgan fingerprint density at radius 2 is 2.08 bits per heavy atom. The number of aromatic nitrogens is 3. The first-order valence-electron chi connectivity index (χ1n) is 9.03. The minimum Gasteiger partial charge on any atom is -0.338 e. The van der Waals surface area contributed by atoms with Crippen LogP contribution in [0.2, 0.25) is 0 Å². The molecule has 0 saturated heterocycles. The van der Waals surface area contributed by atoms with Crippen molar-refractivity contribution in [2.45, 2.75) is 56.3 Å². The molecule has 1 atom stereocenters. The fourth-order valence-electron chi connectivity index (χ4n) is 3.73. The number of aryl methyl sites for hydroxylation is 2. The van der Waals surface area contributed by atoms with Gasteiger partial charge in [0.15, 0.2) is 5.16 Å². The van der Waals surface area contributed by atoms with Crippen molar-refractivity contribution in [3.63, 3.8) is 0 Å². The van der Waals surface area contributed by atoms with Crippen LogP contribution >= 0.6 is 11.8 Å². The number of fused-ring (bicyclic) bond motifs is 1. The Bertz CT molecular complexity index is 783. The van der Waals surface area contributed by atoms with Crippen molar-refractivity contribution in [1.29, 1.82) is 0 Å². The number of rotatable bonds is 5. The molecule has 132 valence electrons. The van der Waals surface area contributed by atoms with Crippen molar-refractivity contribution < 1.29 is 4.79 Å². The van der Waals surface area contributed by atoms with Crippen LogP contribution in [0.25, 0.3) is 0 Å². The van der Waals surface area contributed by atoms with Crippen molar-refractivity contribution in [2.75, 3.05) is 12.8 Å². The molecule has 2 aliphatic carbocycles. The van der Waals surface area contributed by atoms with E-state index in [1.54, 1.807) is 0 Å². The third kappa shape index (κ3) is 3.32. The second-order valence-electron chi connectivity index (χ2n) is 7.03. The number of carbonyl (C=O) groups is 1. The molecule has 0 unspecified atom stereocenters. The first kappa shape index (κ1) is 16.6. The summed E-state index contributed by atoms with van der Waals surface area (Å²) in [6.45, 7) is 1.99. The zero-order chi connectivity index (χ0) is 17.4. The molecule has 0 radical (unpaired) electrons. The Morgan fingerprint density at radius 1 is 1.28 bits per heavy atom. The lowest BCUT2D eigenvalue weighted by molar-refractivity contribution is -0.129. The maximum absolute atomic E-state index is 12.8. The maximum atomic E-state index is 12.8. The van der Waals surface area contributed by atoms with Gasteiger partial charge in [-0.25, -0.2) is 0 Å². The molecule has 5 nitrogen and oxygen atoms in total. The van der Waals surface area contributed by atoms with E-state index in [9.17, 15) is 4.79 Å². The molecule has 2 aliphatic rings. The monoisotopic (exact) mass is 356 g/mol. The molecule has 0 N–H and O–H groups in total. The highest BCUT2D eigenvalue weighted by Gasteiger charge is 2.30. The highest BCUT2D eigenvalue weighted by Crippen LogP contribution is 2.39. The fraction of sp³-hybridized carbons (Fsp3) is 0.526. The SMILES string of the molecule is Cc1nnc(SCC(=O)N(C)[C@@H]2CCCc3ccccc32)n1C1CC1. The smallest absolute Gasteiger partial charge is 0.233 e. The summed E-state index contributed by atoms with van der Waals surface area (Å²) in [4.78, 5) is 14.7. The summed E-state index contributed by atoms with van der Waals surface area (Å²) in [5, 5.41) is 9.33. The van der Waals surface area contributed by atoms with Crippen LogP contribution in [0.1, 0.15) is 54.7 Å². The highest BCUT2D eigenvalue weighted by molar-refractivity contribution is 7.99. The van der Waals surface area contributed by atoms with Crippen LogP contribution in [0.3, 0.4) is 0 Å². The van der Waals surface area contributed by atoms with Gasteiger partial charge < -0.3 is 9.47 Å². The third-order valence-electron chi connectivity index (χ3n) is 5.27. The lowest BCUT2D eigenvalue weighted by atomic mass is 9.87. The van der Waals surface area contributed by atoms with Gasteiger partial charge in [-0.15, -0.1) is 10.2 Å². The molecule has 1 aromatic carbocycles. The Morgan fingerprint density at radius 3 is 2.88 bits per heavy atom. The van der Waals surface area contributed by atoms with Crippen molar-refractivity contribution in [3.8, 4) is 0 Å². The number of hydrogen-bond acceptors (Lipinski definition) is 4. The molecule has 2 aromatic rings. The summed E-state index contributed by atoms with van der Waals surface area (Å²) in [6, 6.07) is 9.26. The number of thioether (sulfide) groups is 1. The largest absolute Gasteiger partial charge is 0.338 e. The van der Waals surface area contributed by atoms with E-state index in [0.717, 1.165) is 30.2 Å². The van der Waals surface area contributed by atoms with E-state index in [-0.39, 0.29) is 11.9 Å². The zero-order valence-electron chi connectivity index (χ0n) is 14.8. The van der Waals surface area contributed by atoms with Gasteiger partial charge in [0.25, 0.3) is 0 Å². The summed E-state index contributed by atoms with van der Waals surface area (Å²) in [5.41, 5.74) is 2.70. The molecule has 25 heavy (non-hydrogen) atoms. The standard InChI is InChI=1S/C19H24N4OS/c1-13-20-21-19(23(13)15-10-11-15)25-12-18(24)22(2)17-9-5-7-14-6-3-4-8-16(14)17/h3-4,6,8,15,17H,5,7,9-12H2,1-2H3/t17-/m1/s1. The topological polar surface area (TPSA) is 51.0 Å². The molecule has 0 bridgehead atoms. The van der Waals surface area contributed by atoms with Gasteiger partial charge in [-0.3, -0.25) is 4.79 Å². The predicted octanol–water partition coefficient (Wildman–Crippen LogP) is 3.55. The predicted molar refractivity (Wildman–Crippen MR) is 98.6 cm³/mol. The molecule has 0 aliphatic heterocycles. The maximum Gasteiger partial charge on any atom is 0.233 e. The fourth-order valence-corrected chi connectivity index (χ4v) is 4.71. The Kier molecular flexibility index (Phi) is 4.54. The van der Waals surface area contributed by atoms with Gasteiger partial charge in [-0.1, -0.05) is 36.0 Å². The zero-order valence-corrected chi connectivity index (χ0v) is 15.6. The number of nitrogens with zero attached hydrogens (tertiary/aromatic N) is 4. The van der Waals surface area contributed by atoms with Gasteiger partial charge in [0, 0.05) is 13.1 Å². The minimum atomic E-state index is 0.162. The molecular formula is C19H24N4OS. The summed E-state index contributed by atoms with van der Waals surface area (Å²) >= 11 is 1.52. The molecule has 6 heteroatoms.